The molecular formula is C14H18OS2. The number of aryl methyl sites for hydroxylation is 1. The highest BCUT2D eigenvalue weighted by Gasteiger charge is 1.96. The van der Waals surface area contributed by atoms with Crippen LogP contribution >= 0.6 is 23.5 Å². The molecule has 0 heterocycles. The number of hydrogen-bond donors (Lipinski definition) is 0. The maximum atomic E-state index is 10.7. The minimum absolute atomic E-state index is 0.214. The molecule has 0 saturated carbocycles. The van der Waals surface area contributed by atoms with Crippen LogP contribution in [-0.4, -0.2) is 22.4 Å². The lowest BCUT2D eigenvalue weighted by atomic mass is 10.1. The summed E-state index contributed by atoms with van der Waals surface area (Å²) in [7, 11) is 0. The summed E-state index contributed by atoms with van der Waals surface area (Å²) in [6.45, 7) is 5.36. The number of benzene rings is 1. The highest BCUT2D eigenvalue weighted by molar-refractivity contribution is 8.14. The second-order valence-corrected chi connectivity index (χ2v) is 6.14. The first kappa shape index (κ1) is 14.4. The molecule has 0 amide bonds. The Balaban J connectivity index is 2.13. The standard InChI is InChI=1S/C14H18OS2/c1-3-13-4-6-14(7-5-13)8-9-16-10-11-17-12(2)15/h3-7H,1,8-11H2,2H3. The maximum Gasteiger partial charge on any atom is 0.185 e. The van der Waals surface area contributed by atoms with E-state index in [1.807, 2.05) is 17.8 Å². The van der Waals surface area contributed by atoms with E-state index < -0.39 is 0 Å². The van der Waals surface area contributed by atoms with Crippen molar-refractivity contribution in [1.29, 1.82) is 0 Å². The summed E-state index contributed by atoms with van der Waals surface area (Å²) < 4.78 is 0. The molecule has 1 nitrogen and oxygen atoms in total. The van der Waals surface area contributed by atoms with Crippen molar-refractivity contribution in [2.24, 2.45) is 0 Å². The predicted molar refractivity (Wildman–Crippen MR) is 80.7 cm³/mol. The Morgan fingerprint density at radius 2 is 1.94 bits per heavy atom. The molecule has 17 heavy (non-hydrogen) atoms. The molecule has 0 bridgehead atoms. The van der Waals surface area contributed by atoms with Crippen molar-refractivity contribution in [2.45, 2.75) is 13.3 Å². The Bertz CT molecular complexity index is 357. The van der Waals surface area contributed by atoms with Crippen LogP contribution in [0, 0.1) is 0 Å². The lowest BCUT2D eigenvalue weighted by Gasteiger charge is -2.02. The molecule has 0 aliphatic rings. The van der Waals surface area contributed by atoms with Gasteiger partial charge in [0.2, 0.25) is 0 Å². The second-order valence-electron chi connectivity index (χ2n) is 3.65. The van der Waals surface area contributed by atoms with Gasteiger partial charge in [-0.1, -0.05) is 48.7 Å². The molecule has 0 aliphatic heterocycles. The molecule has 0 spiro atoms. The Labute approximate surface area is 112 Å². The third-order valence-electron chi connectivity index (χ3n) is 2.28. The van der Waals surface area contributed by atoms with E-state index in [2.05, 4.69) is 30.8 Å². The SMILES string of the molecule is C=Cc1ccc(CCSCCSC(C)=O)cc1. The molecule has 3 heteroatoms. The average Bonchev–Trinajstić information content (AvgIpc) is 2.34. The molecule has 1 rings (SSSR count). The second kappa shape index (κ2) is 8.43. The molecular weight excluding hydrogens is 248 g/mol. The van der Waals surface area contributed by atoms with E-state index in [9.17, 15) is 4.79 Å². The summed E-state index contributed by atoms with van der Waals surface area (Å²) in [5.41, 5.74) is 2.53. The van der Waals surface area contributed by atoms with Gasteiger partial charge in [0, 0.05) is 18.4 Å². The summed E-state index contributed by atoms with van der Waals surface area (Å²) in [6, 6.07) is 8.50. The van der Waals surface area contributed by atoms with Crippen LogP contribution in [0.4, 0.5) is 0 Å². The van der Waals surface area contributed by atoms with Crippen LogP contribution in [0.1, 0.15) is 18.1 Å². The lowest BCUT2D eigenvalue weighted by Crippen LogP contribution is -1.93. The first-order valence-corrected chi connectivity index (χ1v) is 7.79. The minimum Gasteiger partial charge on any atom is -0.288 e. The molecule has 92 valence electrons. The Hall–Kier alpha value is -0.670. The van der Waals surface area contributed by atoms with Crippen LogP contribution in [-0.2, 0) is 11.2 Å². The zero-order valence-electron chi connectivity index (χ0n) is 10.1. The topological polar surface area (TPSA) is 17.1 Å². The van der Waals surface area contributed by atoms with E-state index in [1.165, 1.54) is 22.9 Å². The first-order chi connectivity index (χ1) is 8.22. The molecule has 0 aromatic heterocycles. The molecule has 1 aromatic carbocycles. The van der Waals surface area contributed by atoms with E-state index in [0.29, 0.717) is 0 Å². The van der Waals surface area contributed by atoms with E-state index >= 15 is 0 Å². The summed E-state index contributed by atoms with van der Waals surface area (Å²) in [6.07, 6.45) is 2.95. The van der Waals surface area contributed by atoms with E-state index in [1.54, 1.807) is 6.92 Å². The normalized spacial score (nSPS) is 10.2. The molecule has 0 fully saturated rings. The average molecular weight is 266 g/mol. The summed E-state index contributed by atoms with van der Waals surface area (Å²) in [5.74, 6) is 3.09. The van der Waals surface area contributed by atoms with Gasteiger partial charge in [-0.25, -0.2) is 0 Å². The summed E-state index contributed by atoms with van der Waals surface area (Å²) in [4.78, 5) is 10.7. The summed E-state index contributed by atoms with van der Waals surface area (Å²) >= 11 is 3.32. The highest BCUT2D eigenvalue weighted by Crippen LogP contribution is 2.11. The van der Waals surface area contributed by atoms with Gasteiger partial charge in [0.05, 0.1) is 0 Å². The fourth-order valence-electron chi connectivity index (χ4n) is 1.36. The van der Waals surface area contributed by atoms with Crippen molar-refractivity contribution >= 4 is 34.7 Å². The van der Waals surface area contributed by atoms with Crippen LogP contribution in [0.15, 0.2) is 30.8 Å². The van der Waals surface area contributed by atoms with Gasteiger partial charge < -0.3 is 0 Å². The smallest absolute Gasteiger partial charge is 0.185 e. The zero-order valence-corrected chi connectivity index (χ0v) is 11.8. The van der Waals surface area contributed by atoms with Gasteiger partial charge in [0.15, 0.2) is 5.12 Å². The number of carbonyl (C=O) groups is 1. The molecule has 0 radical (unpaired) electrons. The fraction of sp³-hybridized carbons (Fsp3) is 0.357. The monoisotopic (exact) mass is 266 g/mol. The van der Waals surface area contributed by atoms with Crippen LogP contribution < -0.4 is 0 Å². The van der Waals surface area contributed by atoms with Crippen LogP contribution in [0.25, 0.3) is 6.08 Å². The third-order valence-corrected chi connectivity index (χ3v) is 4.34. The predicted octanol–water partition coefficient (Wildman–Crippen LogP) is 3.89. The molecule has 1 aromatic rings. The van der Waals surface area contributed by atoms with E-state index in [0.717, 1.165) is 23.7 Å². The Morgan fingerprint density at radius 1 is 1.24 bits per heavy atom. The molecule has 0 saturated heterocycles. The number of carbonyl (C=O) groups excluding carboxylic acids is 1. The van der Waals surface area contributed by atoms with Gasteiger partial charge in [-0.15, -0.1) is 0 Å². The van der Waals surface area contributed by atoms with Crippen molar-refractivity contribution in [3.8, 4) is 0 Å². The van der Waals surface area contributed by atoms with Gasteiger partial charge in [-0.3, -0.25) is 4.79 Å². The largest absolute Gasteiger partial charge is 0.288 e. The quantitative estimate of drug-likeness (QED) is 0.697. The van der Waals surface area contributed by atoms with Crippen LogP contribution in [0.2, 0.25) is 0 Å². The Morgan fingerprint density at radius 3 is 2.53 bits per heavy atom. The molecule has 0 N–H and O–H groups in total. The molecule has 0 unspecified atom stereocenters. The van der Waals surface area contributed by atoms with Crippen LogP contribution in [0.3, 0.4) is 0 Å². The number of thioether (sulfide) groups is 2. The van der Waals surface area contributed by atoms with Crippen molar-refractivity contribution in [2.75, 3.05) is 17.3 Å². The third kappa shape index (κ3) is 6.59. The van der Waals surface area contributed by atoms with E-state index in [-0.39, 0.29) is 5.12 Å². The van der Waals surface area contributed by atoms with Gasteiger partial charge in [-0.05, 0) is 23.3 Å². The van der Waals surface area contributed by atoms with Gasteiger partial charge in [-0.2, -0.15) is 11.8 Å². The van der Waals surface area contributed by atoms with Crippen LogP contribution in [0.5, 0.6) is 0 Å². The zero-order chi connectivity index (χ0) is 12.5. The van der Waals surface area contributed by atoms with Crippen molar-refractivity contribution < 1.29 is 4.79 Å². The van der Waals surface area contributed by atoms with Crippen molar-refractivity contribution in [3.05, 3.63) is 42.0 Å². The fourth-order valence-corrected chi connectivity index (χ4v) is 3.03. The Kier molecular flexibility index (Phi) is 7.13. The number of rotatable bonds is 7. The first-order valence-electron chi connectivity index (χ1n) is 5.65. The molecule has 0 aliphatic carbocycles. The maximum absolute atomic E-state index is 10.7. The number of hydrogen-bond acceptors (Lipinski definition) is 3. The van der Waals surface area contributed by atoms with Crippen molar-refractivity contribution in [3.63, 3.8) is 0 Å². The minimum atomic E-state index is 0.214. The van der Waals surface area contributed by atoms with Crippen molar-refractivity contribution in [1.82, 2.24) is 0 Å². The van der Waals surface area contributed by atoms with Gasteiger partial charge in [0.1, 0.15) is 0 Å². The highest BCUT2D eigenvalue weighted by atomic mass is 32.2. The van der Waals surface area contributed by atoms with Gasteiger partial charge >= 0.3 is 0 Å². The lowest BCUT2D eigenvalue weighted by molar-refractivity contribution is -0.109. The van der Waals surface area contributed by atoms with E-state index in [4.69, 9.17) is 0 Å². The molecule has 0 atom stereocenters. The summed E-state index contributed by atoms with van der Waals surface area (Å²) in [5, 5.41) is 0.214. The van der Waals surface area contributed by atoms with Gasteiger partial charge in [0.25, 0.3) is 0 Å².